The van der Waals surface area contributed by atoms with E-state index in [1.54, 1.807) is 35.3 Å². The fourth-order valence-electron chi connectivity index (χ4n) is 3.11. The normalized spacial score (nSPS) is 13.8. The van der Waals surface area contributed by atoms with Gasteiger partial charge in [-0.15, -0.1) is 5.10 Å². The number of fused-ring (bicyclic) bond motifs is 1. The standard InChI is InChI=1S/C17H18N6O5S/c1-27-16-7-11(4-5-13(16)20-29(24,25)26)8-23-14-10-22(18)9-12(17(14)19-21-23)15-3-2-6-28-15/h2-7,9,20H,8,10,18H2,1H3,(H,24,25,26). The van der Waals surface area contributed by atoms with Crippen molar-refractivity contribution in [1.29, 1.82) is 0 Å². The fourth-order valence-corrected chi connectivity index (χ4v) is 3.56. The van der Waals surface area contributed by atoms with Crippen LogP contribution in [0.4, 0.5) is 5.69 Å². The number of ether oxygens (including phenoxy) is 1. The molecular weight excluding hydrogens is 400 g/mol. The largest absolute Gasteiger partial charge is 0.495 e. The third-order valence-corrected chi connectivity index (χ3v) is 4.82. The van der Waals surface area contributed by atoms with Crippen molar-refractivity contribution in [3.8, 4) is 5.75 Å². The molecule has 0 amide bonds. The van der Waals surface area contributed by atoms with Crippen molar-refractivity contribution in [3.63, 3.8) is 0 Å². The van der Waals surface area contributed by atoms with Crippen LogP contribution in [0.5, 0.6) is 5.75 Å². The van der Waals surface area contributed by atoms with Crippen LogP contribution in [0, 0.1) is 0 Å². The number of nitrogens with zero attached hydrogens (tertiary/aromatic N) is 4. The number of nitrogens with two attached hydrogens (primary N) is 1. The van der Waals surface area contributed by atoms with Gasteiger partial charge in [0.15, 0.2) is 0 Å². The first-order chi connectivity index (χ1) is 13.8. The van der Waals surface area contributed by atoms with Gasteiger partial charge < -0.3 is 14.2 Å². The summed E-state index contributed by atoms with van der Waals surface area (Å²) in [6.07, 6.45) is 3.32. The Balaban J connectivity index is 1.64. The lowest BCUT2D eigenvalue weighted by atomic mass is 10.1. The van der Waals surface area contributed by atoms with E-state index in [9.17, 15) is 8.42 Å². The molecule has 4 rings (SSSR count). The SMILES string of the molecule is COc1cc(Cn2nnc3c2CN(N)C=C3c2ccco2)ccc1NS(=O)(=O)O. The van der Waals surface area contributed by atoms with E-state index in [-0.39, 0.29) is 11.4 Å². The number of aromatic nitrogens is 3. The summed E-state index contributed by atoms with van der Waals surface area (Å²) in [5.41, 5.74) is 3.12. The highest BCUT2D eigenvalue weighted by molar-refractivity contribution is 7.87. The van der Waals surface area contributed by atoms with Crippen LogP contribution in [-0.2, 0) is 23.4 Å². The molecule has 152 valence electrons. The van der Waals surface area contributed by atoms with Gasteiger partial charge in [0.25, 0.3) is 0 Å². The zero-order valence-electron chi connectivity index (χ0n) is 15.3. The molecule has 29 heavy (non-hydrogen) atoms. The highest BCUT2D eigenvalue weighted by Crippen LogP contribution is 2.31. The molecule has 0 fully saturated rings. The second kappa shape index (κ2) is 7.24. The molecule has 0 saturated heterocycles. The van der Waals surface area contributed by atoms with Gasteiger partial charge in [-0.2, -0.15) is 8.42 Å². The Kier molecular flexibility index (Phi) is 4.74. The molecule has 1 aliphatic rings. The van der Waals surface area contributed by atoms with E-state index in [2.05, 4.69) is 10.3 Å². The predicted molar refractivity (Wildman–Crippen MR) is 103 cm³/mol. The highest BCUT2D eigenvalue weighted by Gasteiger charge is 2.25. The molecule has 0 unspecified atom stereocenters. The first-order valence-electron chi connectivity index (χ1n) is 8.46. The summed E-state index contributed by atoms with van der Waals surface area (Å²) in [5, 5.41) is 10.0. The summed E-state index contributed by atoms with van der Waals surface area (Å²) < 4.78 is 45.5. The first kappa shape index (κ1) is 19.0. The van der Waals surface area contributed by atoms with Gasteiger partial charge in [-0.25, -0.2) is 10.5 Å². The topological polar surface area (TPSA) is 149 Å². The van der Waals surface area contributed by atoms with Crippen molar-refractivity contribution in [2.75, 3.05) is 11.8 Å². The average molecular weight is 418 g/mol. The zero-order valence-corrected chi connectivity index (χ0v) is 16.1. The van der Waals surface area contributed by atoms with Gasteiger partial charge in [-0.1, -0.05) is 11.3 Å². The van der Waals surface area contributed by atoms with Gasteiger partial charge in [0.1, 0.15) is 17.2 Å². The van der Waals surface area contributed by atoms with E-state index >= 15 is 0 Å². The molecule has 1 aromatic carbocycles. The Morgan fingerprint density at radius 2 is 2.21 bits per heavy atom. The quantitative estimate of drug-likeness (QED) is 0.397. The van der Waals surface area contributed by atoms with Crippen molar-refractivity contribution in [1.82, 2.24) is 20.0 Å². The van der Waals surface area contributed by atoms with E-state index in [1.165, 1.54) is 18.2 Å². The molecule has 0 radical (unpaired) electrons. The van der Waals surface area contributed by atoms with Gasteiger partial charge in [0.05, 0.1) is 43.4 Å². The van der Waals surface area contributed by atoms with Crippen LogP contribution in [0.25, 0.3) is 5.57 Å². The molecule has 0 spiro atoms. The van der Waals surface area contributed by atoms with Crippen LogP contribution in [0.2, 0.25) is 0 Å². The number of nitrogens with one attached hydrogen (secondary N) is 1. The minimum atomic E-state index is -4.41. The molecule has 3 heterocycles. The zero-order chi connectivity index (χ0) is 20.6. The van der Waals surface area contributed by atoms with Crippen molar-refractivity contribution < 1.29 is 22.1 Å². The maximum Gasteiger partial charge on any atom is 0.357 e. The number of hydrogen-bond donors (Lipinski definition) is 3. The average Bonchev–Trinajstić information content (AvgIpc) is 3.32. The summed E-state index contributed by atoms with van der Waals surface area (Å²) >= 11 is 0. The third-order valence-electron chi connectivity index (χ3n) is 4.34. The highest BCUT2D eigenvalue weighted by atomic mass is 32.2. The van der Waals surface area contributed by atoms with Gasteiger partial charge in [0.2, 0.25) is 0 Å². The lowest BCUT2D eigenvalue weighted by Crippen LogP contribution is -2.29. The molecule has 1 aliphatic heterocycles. The van der Waals surface area contributed by atoms with E-state index in [0.717, 1.165) is 16.8 Å². The summed E-state index contributed by atoms with van der Waals surface area (Å²) in [5.74, 6) is 6.92. The van der Waals surface area contributed by atoms with Crippen molar-refractivity contribution in [2.45, 2.75) is 13.1 Å². The Hall–Kier alpha value is -3.35. The van der Waals surface area contributed by atoms with Gasteiger partial charge in [-0.3, -0.25) is 9.27 Å². The third kappa shape index (κ3) is 3.94. The molecule has 3 aromatic rings. The summed E-state index contributed by atoms with van der Waals surface area (Å²) in [7, 11) is -3.01. The molecule has 0 atom stereocenters. The van der Waals surface area contributed by atoms with Crippen molar-refractivity contribution >= 4 is 21.6 Å². The maximum absolute atomic E-state index is 11.1. The van der Waals surface area contributed by atoms with Crippen LogP contribution in [0.1, 0.15) is 22.7 Å². The number of hydrogen-bond acceptors (Lipinski definition) is 8. The van der Waals surface area contributed by atoms with Crippen molar-refractivity contribution in [2.24, 2.45) is 5.84 Å². The van der Waals surface area contributed by atoms with Crippen LogP contribution in [-0.4, -0.2) is 40.1 Å². The molecule has 0 bridgehead atoms. The Morgan fingerprint density at radius 3 is 2.90 bits per heavy atom. The monoisotopic (exact) mass is 418 g/mol. The van der Waals surface area contributed by atoms with Crippen LogP contribution < -0.4 is 15.3 Å². The fraction of sp³-hybridized carbons (Fsp3) is 0.176. The molecule has 2 aromatic heterocycles. The Morgan fingerprint density at radius 1 is 1.38 bits per heavy atom. The Bertz CT molecular complexity index is 1170. The number of rotatable bonds is 6. The smallest absolute Gasteiger partial charge is 0.357 e. The maximum atomic E-state index is 11.1. The molecule has 4 N–H and O–H groups in total. The number of benzene rings is 1. The second-order valence-corrected chi connectivity index (χ2v) is 7.50. The number of hydrazine groups is 1. The van der Waals surface area contributed by atoms with Crippen molar-refractivity contribution in [3.05, 3.63) is 65.5 Å². The minimum absolute atomic E-state index is 0.121. The second-order valence-electron chi connectivity index (χ2n) is 6.35. The van der Waals surface area contributed by atoms with Gasteiger partial charge in [-0.05, 0) is 29.8 Å². The van der Waals surface area contributed by atoms with Gasteiger partial charge >= 0.3 is 10.3 Å². The van der Waals surface area contributed by atoms with Gasteiger partial charge in [0, 0.05) is 6.20 Å². The molecule has 11 nitrogen and oxygen atoms in total. The summed E-state index contributed by atoms with van der Waals surface area (Å²) in [6.45, 7) is 0.760. The number of anilines is 1. The minimum Gasteiger partial charge on any atom is -0.495 e. The van der Waals surface area contributed by atoms with Crippen LogP contribution >= 0.6 is 0 Å². The van der Waals surface area contributed by atoms with E-state index < -0.39 is 10.3 Å². The summed E-state index contributed by atoms with van der Waals surface area (Å²) in [6, 6.07) is 8.43. The lowest BCUT2D eigenvalue weighted by molar-refractivity contribution is 0.365. The first-order valence-corrected chi connectivity index (χ1v) is 9.90. The molecule has 0 saturated carbocycles. The van der Waals surface area contributed by atoms with Crippen LogP contribution in [0.3, 0.4) is 0 Å². The Labute approximate surface area is 166 Å². The molecular formula is C17H18N6O5S. The molecule has 12 heteroatoms. The van der Waals surface area contributed by atoms with Crippen LogP contribution in [0.15, 0.2) is 47.2 Å². The molecule has 0 aliphatic carbocycles. The predicted octanol–water partition coefficient (Wildman–Crippen LogP) is 1.22. The van der Waals surface area contributed by atoms with E-state index in [0.29, 0.717) is 24.5 Å². The number of methoxy groups -OCH3 is 1. The number of furan rings is 1. The van der Waals surface area contributed by atoms with E-state index in [4.69, 9.17) is 19.5 Å². The lowest BCUT2D eigenvalue weighted by Gasteiger charge is -2.21. The van der Waals surface area contributed by atoms with E-state index in [1.807, 2.05) is 10.8 Å². The summed E-state index contributed by atoms with van der Waals surface area (Å²) in [4.78, 5) is 0.